The molecular weight excluding hydrogens is 376 g/mol. The summed E-state index contributed by atoms with van der Waals surface area (Å²) in [4.78, 5) is 31.5. The van der Waals surface area contributed by atoms with Crippen LogP contribution < -0.4 is 0 Å². The summed E-state index contributed by atoms with van der Waals surface area (Å²) >= 11 is 0. The van der Waals surface area contributed by atoms with Gasteiger partial charge in [0, 0.05) is 24.5 Å². The standard InChI is InChI=1S/C25H22N2O3/c1-17-7-9-20(10-8-17)23(28)21-22(19-11-14-26-15-12-19)27(25(30)24(21)29)16-13-18-5-3-2-4-6-18/h2-12,14-15,22,28H,13,16H2,1H3/t22-/m1/s1. The van der Waals surface area contributed by atoms with Crippen molar-refractivity contribution in [3.8, 4) is 0 Å². The number of hydrogen-bond donors (Lipinski definition) is 1. The summed E-state index contributed by atoms with van der Waals surface area (Å²) < 4.78 is 0. The van der Waals surface area contributed by atoms with Gasteiger partial charge in [0.2, 0.25) is 0 Å². The van der Waals surface area contributed by atoms with Crippen molar-refractivity contribution in [3.05, 3.63) is 107 Å². The van der Waals surface area contributed by atoms with E-state index in [1.807, 2.05) is 49.4 Å². The van der Waals surface area contributed by atoms with Gasteiger partial charge in [-0.3, -0.25) is 14.6 Å². The van der Waals surface area contributed by atoms with Gasteiger partial charge in [-0.25, -0.2) is 0 Å². The van der Waals surface area contributed by atoms with E-state index >= 15 is 0 Å². The van der Waals surface area contributed by atoms with Gasteiger partial charge in [-0.05, 0) is 36.6 Å². The van der Waals surface area contributed by atoms with Crippen molar-refractivity contribution in [2.24, 2.45) is 0 Å². The molecule has 5 heteroatoms. The normalized spacial score (nSPS) is 18.0. The molecule has 2 aromatic carbocycles. The van der Waals surface area contributed by atoms with Crippen molar-refractivity contribution in [2.45, 2.75) is 19.4 Å². The molecule has 30 heavy (non-hydrogen) atoms. The number of aryl methyl sites for hydroxylation is 1. The molecule has 1 atom stereocenters. The van der Waals surface area contributed by atoms with Crippen LogP contribution in [0.25, 0.3) is 5.76 Å². The molecule has 0 bridgehead atoms. The third-order valence-corrected chi connectivity index (χ3v) is 5.37. The maximum absolute atomic E-state index is 13.0. The number of likely N-dealkylation sites (tertiary alicyclic amines) is 1. The molecule has 0 aliphatic carbocycles. The van der Waals surface area contributed by atoms with Gasteiger partial charge in [0.25, 0.3) is 11.7 Å². The summed E-state index contributed by atoms with van der Waals surface area (Å²) in [6, 6.07) is 19.9. The average Bonchev–Trinajstić information content (AvgIpc) is 3.04. The smallest absolute Gasteiger partial charge is 0.295 e. The van der Waals surface area contributed by atoms with E-state index in [0.717, 1.165) is 16.7 Å². The molecule has 0 spiro atoms. The van der Waals surface area contributed by atoms with E-state index in [2.05, 4.69) is 4.98 Å². The van der Waals surface area contributed by atoms with Crippen LogP contribution in [0.5, 0.6) is 0 Å². The lowest BCUT2D eigenvalue weighted by atomic mass is 9.95. The molecule has 1 saturated heterocycles. The Hall–Kier alpha value is -3.73. The molecule has 1 amide bonds. The number of Topliss-reactive ketones (excluding diaryl/α,β-unsaturated/α-hetero) is 1. The second-order valence-electron chi connectivity index (χ2n) is 7.37. The van der Waals surface area contributed by atoms with Crippen LogP contribution in [0.15, 0.2) is 84.7 Å². The first kappa shape index (κ1) is 19.6. The maximum atomic E-state index is 13.0. The lowest BCUT2D eigenvalue weighted by molar-refractivity contribution is -0.139. The lowest BCUT2D eigenvalue weighted by Crippen LogP contribution is -2.31. The van der Waals surface area contributed by atoms with E-state index in [9.17, 15) is 14.7 Å². The van der Waals surface area contributed by atoms with Crippen LogP contribution in [0.3, 0.4) is 0 Å². The van der Waals surface area contributed by atoms with E-state index in [1.54, 1.807) is 41.6 Å². The molecule has 1 N–H and O–H groups in total. The van der Waals surface area contributed by atoms with Crippen LogP contribution in [0.1, 0.15) is 28.3 Å². The van der Waals surface area contributed by atoms with Crippen molar-refractivity contribution >= 4 is 17.4 Å². The number of aromatic nitrogens is 1. The quantitative estimate of drug-likeness (QED) is 0.400. The molecule has 2 heterocycles. The summed E-state index contributed by atoms with van der Waals surface area (Å²) in [5.41, 5.74) is 3.49. The maximum Gasteiger partial charge on any atom is 0.295 e. The van der Waals surface area contributed by atoms with E-state index in [1.165, 1.54) is 0 Å². The summed E-state index contributed by atoms with van der Waals surface area (Å²) in [5, 5.41) is 11.0. The third kappa shape index (κ3) is 3.74. The topological polar surface area (TPSA) is 70.5 Å². The minimum Gasteiger partial charge on any atom is -0.507 e. The number of benzene rings is 2. The number of aliphatic hydroxyl groups excluding tert-OH is 1. The molecule has 0 unspecified atom stereocenters. The third-order valence-electron chi connectivity index (χ3n) is 5.37. The molecule has 5 nitrogen and oxygen atoms in total. The van der Waals surface area contributed by atoms with Gasteiger partial charge in [0.1, 0.15) is 5.76 Å². The molecule has 4 rings (SSSR count). The summed E-state index contributed by atoms with van der Waals surface area (Å²) in [7, 11) is 0. The van der Waals surface area contributed by atoms with Crippen molar-refractivity contribution in [2.75, 3.05) is 6.54 Å². The number of amides is 1. The Morgan fingerprint density at radius 1 is 0.967 bits per heavy atom. The second-order valence-corrected chi connectivity index (χ2v) is 7.37. The SMILES string of the molecule is Cc1ccc(C(O)=C2C(=O)C(=O)N(CCc3ccccc3)[C@@H]2c2ccncc2)cc1. The van der Waals surface area contributed by atoms with Crippen LogP contribution >= 0.6 is 0 Å². The van der Waals surface area contributed by atoms with Crippen molar-refractivity contribution in [1.29, 1.82) is 0 Å². The number of hydrogen-bond acceptors (Lipinski definition) is 4. The van der Waals surface area contributed by atoms with Crippen LogP contribution in [0.4, 0.5) is 0 Å². The second kappa shape index (κ2) is 8.33. The Kier molecular flexibility index (Phi) is 5.44. The first-order chi connectivity index (χ1) is 14.6. The molecule has 1 aliphatic heterocycles. The van der Waals surface area contributed by atoms with Gasteiger partial charge in [0.05, 0.1) is 11.6 Å². The lowest BCUT2D eigenvalue weighted by Gasteiger charge is -2.25. The first-order valence-corrected chi connectivity index (χ1v) is 9.85. The van der Waals surface area contributed by atoms with Gasteiger partial charge in [0.15, 0.2) is 0 Å². The van der Waals surface area contributed by atoms with Crippen molar-refractivity contribution < 1.29 is 14.7 Å². The van der Waals surface area contributed by atoms with Crippen LogP contribution in [-0.4, -0.2) is 33.2 Å². The number of carbonyl (C=O) groups excluding carboxylic acids is 2. The average molecular weight is 398 g/mol. The highest BCUT2D eigenvalue weighted by atomic mass is 16.3. The zero-order valence-corrected chi connectivity index (χ0v) is 16.7. The Labute approximate surface area is 175 Å². The molecule has 1 aromatic heterocycles. The minimum absolute atomic E-state index is 0.114. The highest BCUT2D eigenvalue weighted by molar-refractivity contribution is 6.46. The van der Waals surface area contributed by atoms with Gasteiger partial charge in [-0.1, -0.05) is 60.2 Å². The number of carbonyl (C=O) groups is 2. The number of pyridine rings is 1. The number of aliphatic hydroxyl groups is 1. The molecule has 1 fully saturated rings. The van der Waals surface area contributed by atoms with E-state index in [0.29, 0.717) is 18.5 Å². The van der Waals surface area contributed by atoms with Gasteiger partial charge in [-0.2, -0.15) is 0 Å². The van der Waals surface area contributed by atoms with Crippen LogP contribution in [0.2, 0.25) is 0 Å². The fourth-order valence-electron chi connectivity index (χ4n) is 3.76. The Morgan fingerprint density at radius 2 is 1.63 bits per heavy atom. The van der Waals surface area contributed by atoms with Crippen LogP contribution in [-0.2, 0) is 16.0 Å². The van der Waals surface area contributed by atoms with Crippen molar-refractivity contribution in [1.82, 2.24) is 9.88 Å². The number of nitrogens with zero attached hydrogens (tertiary/aromatic N) is 2. The zero-order valence-electron chi connectivity index (χ0n) is 16.7. The molecular formula is C25H22N2O3. The van der Waals surface area contributed by atoms with Crippen LogP contribution in [0, 0.1) is 6.92 Å². The molecule has 150 valence electrons. The molecule has 0 saturated carbocycles. The van der Waals surface area contributed by atoms with Gasteiger partial charge in [-0.15, -0.1) is 0 Å². The summed E-state index contributed by atoms with van der Waals surface area (Å²) in [6.07, 6.45) is 3.86. The molecule has 3 aromatic rings. The largest absolute Gasteiger partial charge is 0.507 e. The Balaban J connectivity index is 1.76. The summed E-state index contributed by atoms with van der Waals surface area (Å²) in [6.45, 7) is 2.32. The minimum atomic E-state index is -0.664. The Bertz CT molecular complexity index is 1090. The zero-order chi connectivity index (χ0) is 21.1. The predicted molar refractivity (Wildman–Crippen MR) is 115 cm³/mol. The fraction of sp³-hybridized carbons (Fsp3) is 0.160. The highest BCUT2D eigenvalue weighted by Crippen LogP contribution is 2.39. The van der Waals surface area contributed by atoms with E-state index < -0.39 is 17.7 Å². The predicted octanol–water partition coefficient (Wildman–Crippen LogP) is 4.05. The molecule has 1 aliphatic rings. The Morgan fingerprint density at radius 3 is 2.30 bits per heavy atom. The van der Waals surface area contributed by atoms with Gasteiger partial charge >= 0.3 is 0 Å². The number of ketones is 1. The summed E-state index contributed by atoms with van der Waals surface area (Å²) in [5.74, 6) is -1.42. The van der Waals surface area contributed by atoms with E-state index in [4.69, 9.17) is 0 Å². The molecule has 0 radical (unpaired) electrons. The number of rotatable bonds is 5. The monoisotopic (exact) mass is 398 g/mol. The fourth-order valence-corrected chi connectivity index (χ4v) is 3.76. The highest BCUT2D eigenvalue weighted by Gasteiger charge is 2.45. The van der Waals surface area contributed by atoms with Gasteiger partial charge < -0.3 is 10.0 Å². The van der Waals surface area contributed by atoms with E-state index in [-0.39, 0.29) is 11.3 Å². The van der Waals surface area contributed by atoms with Crippen molar-refractivity contribution in [3.63, 3.8) is 0 Å². The first-order valence-electron chi connectivity index (χ1n) is 9.85.